The highest BCUT2D eigenvalue weighted by Gasteiger charge is 2.27. The van der Waals surface area contributed by atoms with Gasteiger partial charge in [-0.1, -0.05) is 11.6 Å². The summed E-state index contributed by atoms with van der Waals surface area (Å²) in [4.78, 5) is -0.789. The van der Waals surface area contributed by atoms with E-state index < -0.39 is 52.4 Å². The van der Waals surface area contributed by atoms with Crippen molar-refractivity contribution in [2.24, 2.45) is 0 Å². The molecule has 1 aromatic carbocycles. The van der Waals surface area contributed by atoms with Crippen LogP contribution in [0.1, 0.15) is 0 Å². The van der Waals surface area contributed by atoms with Gasteiger partial charge in [-0.2, -0.15) is 13.2 Å². The standard InChI is InChI=1S/C10H11ClF4N2O3S/c11-6-3-7(16)9(12)8(4-6)21(18,19)17-1-2-20-5-10(13,14)15/h3-4,17H,1-2,5,16H2. The maximum atomic E-state index is 13.6. The molecule has 0 aliphatic carbocycles. The highest BCUT2D eigenvalue weighted by molar-refractivity contribution is 7.89. The lowest BCUT2D eigenvalue weighted by Gasteiger charge is -2.10. The van der Waals surface area contributed by atoms with Crippen LogP contribution in [0.2, 0.25) is 5.02 Å². The minimum absolute atomic E-state index is 0.0948. The van der Waals surface area contributed by atoms with Crippen LogP contribution in [0.3, 0.4) is 0 Å². The Kier molecular flexibility index (Phi) is 5.79. The molecule has 5 nitrogen and oxygen atoms in total. The smallest absolute Gasteiger partial charge is 0.396 e. The van der Waals surface area contributed by atoms with E-state index >= 15 is 0 Å². The molecule has 1 rings (SSSR count). The number of anilines is 1. The highest BCUT2D eigenvalue weighted by Crippen LogP contribution is 2.25. The van der Waals surface area contributed by atoms with Crippen LogP contribution in [-0.4, -0.2) is 34.4 Å². The van der Waals surface area contributed by atoms with Crippen molar-refractivity contribution in [2.75, 3.05) is 25.5 Å². The Morgan fingerprint density at radius 3 is 2.52 bits per heavy atom. The molecule has 3 N–H and O–H groups in total. The Balaban J connectivity index is 2.67. The molecular formula is C10H11ClF4N2O3S. The predicted molar refractivity (Wildman–Crippen MR) is 67.9 cm³/mol. The second kappa shape index (κ2) is 6.77. The minimum atomic E-state index is -4.51. The molecule has 0 amide bonds. The summed E-state index contributed by atoms with van der Waals surface area (Å²) in [7, 11) is -4.30. The van der Waals surface area contributed by atoms with Gasteiger partial charge in [-0.15, -0.1) is 0 Å². The summed E-state index contributed by atoms with van der Waals surface area (Å²) in [6.45, 7) is -2.51. The number of hydrogen-bond acceptors (Lipinski definition) is 4. The Hall–Kier alpha value is -1.10. The fourth-order valence-electron chi connectivity index (χ4n) is 1.29. The number of halogens is 5. The summed E-state index contributed by atoms with van der Waals surface area (Å²) in [5.74, 6) is -1.19. The number of sulfonamides is 1. The van der Waals surface area contributed by atoms with E-state index in [2.05, 4.69) is 4.74 Å². The zero-order chi connectivity index (χ0) is 16.3. The van der Waals surface area contributed by atoms with Gasteiger partial charge in [0.05, 0.1) is 12.3 Å². The number of benzene rings is 1. The van der Waals surface area contributed by atoms with Crippen molar-refractivity contribution >= 4 is 27.3 Å². The number of alkyl halides is 3. The third-order valence-electron chi connectivity index (χ3n) is 2.13. The lowest BCUT2D eigenvalue weighted by atomic mass is 10.3. The van der Waals surface area contributed by atoms with Crippen LogP contribution in [0.4, 0.5) is 23.2 Å². The zero-order valence-corrected chi connectivity index (χ0v) is 11.9. The van der Waals surface area contributed by atoms with E-state index in [1.54, 1.807) is 0 Å². The fourth-order valence-corrected chi connectivity index (χ4v) is 2.73. The van der Waals surface area contributed by atoms with Crippen molar-refractivity contribution in [3.05, 3.63) is 23.0 Å². The third-order valence-corrected chi connectivity index (χ3v) is 3.80. The first-order chi connectivity index (χ1) is 9.53. The van der Waals surface area contributed by atoms with Gasteiger partial charge in [-0.25, -0.2) is 17.5 Å². The van der Waals surface area contributed by atoms with E-state index in [9.17, 15) is 26.0 Å². The van der Waals surface area contributed by atoms with Crippen LogP contribution in [0, 0.1) is 5.82 Å². The van der Waals surface area contributed by atoms with Gasteiger partial charge < -0.3 is 10.5 Å². The summed E-state index contributed by atoms with van der Waals surface area (Å²) in [6.07, 6.45) is -4.51. The molecule has 0 aliphatic rings. The second-order valence-electron chi connectivity index (χ2n) is 3.87. The van der Waals surface area contributed by atoms with E-state index in [1.165, 1.54) is 0 Å². The van der Waals surface area contributed by atoms with Crippen molar-refractivity contribution in [2.45, 2.75) is 11.1 Å². The van der Waals surface area contributed by atoms with Gasteiger partial charge in [0.25, 0.3) is 0 Å². The molecule has 0 radical (unpaired) electrons. The maximum absolute atomic E-state index is 13.6. The van der Waals surface area contributed by atoms with Gasteiger partial charge >= 0.3 is 6.18 Å². The first-order valence-corrected chi connectivity index (χ1v) is 7.28. The summed E-state index contributed by atoms with van der Waals surface area (Å²) < 4.78 is 78.6. The van der Waals surface area contributed by atoms with Crippen LogP contribution in [0.25, 0.3) is 0 Å². The number of ether oxygens (including phenoxy) is 1. The Morgan fingerprint density at radius 1 is 1.33 bits per heavy atom. The lowest BCUT2D eigenvalue weighted by Crippen LogP contribution is -2.29. The molecule has 0 heterocycles. The third kappa shape index (κ3) is 5.65. The molecule has 0 fully saturated rings. The summed E-state index contributed by atoms with van der Waals surface area (Å²) in [5, 5.41) is -0.0948. The molecule has 0 unspecified atom stereocenters. The number of nitrogens with two attached hydrogens (primary N) is 1. The van der Waals surface area contributed by atoms with Gasteiger partial charge in [0.1, 0.15) is 11.5 Å². The predicted octanol–water partition coefficient (Wildman–Crippen LogP) is 1.92. The molecule has 0 spiro atoms. The van der Waals surface area contributed by atoms with Crippen LogP contribution >= 0.6 is 11.6 Å². The van der Waals surface area contributed by atoms with Crippen molar-refractivity contribution < 1.29 is 30.7 Å². The van der Waals surface area contributed by atoms with E-state index in [1.807, 2.05) is 4.72 Å². The number of nitrogens with one attached hydrogen (secondary N) is 1. The molecule has 0 saturated carbocycles. The van der Waals surface area contributed by atoms with E-state index in [-0.39, 0.29) is 5.02 Å². The minimum Gasteiger partial charge on any atom is -0.396 e. The number of rotatable bonds is 6. The first-order valence-electron chi connectivity index (χ1n) is 5.41. The summed E-state index contributed by atoms with van der Waals surface area (Å²) >= 11 is 5.57. The van der Waals surface area contributed by atoms with E-state index in [0.29, 0.717) is 0 Å². The Bertz CT molecular complexity index is 607. The van der Waals surface area contributed by atoms with E-state index in [4.69, 9.17) is 17.3 Å². The number of nitrogen functional groups attached to an aromatic ring is 1. The van der Waals surface area contributed by atoms with Crippen molar-refractivity contribution in [1.29, 1.82) is 0 Å². The SMILES string of the molecule is Nc1cc(Cl)cc(S(=O)(=O)NCCOCC(F)(F)F)c1F. The molecule has 0 aromatic heterocycles. The van der Waals surface area contributed by atoms with Crippen LogP contribution in [0.5, 0.6) is 0 Å². The molecule has 11 heteroatoms. The van der Waals surface area contributed by atoms with Crippen LogP contribution in [0.15, 0.2) is 17.0 Å². The molecule has 0 saturated heterocycles. The monoisotopic (exact) mass is 350 g/mol. The molecule has 0 aliphatic heterocycles. The van der Waals surface area contributed by atoms with Crippen LogP contribution in [-0.2, 0) is 14.8 Å². The van der Waals surface area contributed by atoms with Gasteiger partial charge in [-0.05, 0) is 12.1 Å². The molecule has 0 atom stereocenters. The normalized spacial score (nSPS) is 12.6. The van der Waals surface area contributed by atoms with Gasteiger partial charge in [0, 0.05) is 11.6 Å². The van der Waals surface area contributed by atoms with Gasteiger partial charge in [0.15, 0.2) is 5.82 Å². The average molecular weight is 351 g/mol. The average Bonchev–Trinajstić information content (AvgIpc) is 2.31. The second-order valence-corrected chi connectivity index (χ2v) is 6.04. The molecule has 21 heavy (non-hydrogen) atoms. The first kappa shape index (κ1) is 18.0. The molecular weight excluding hydrogens is 340 g/mol. The topological polar surface area (TPSA) is 81.4 Å². The maximum Gasteiger partial charge on any atom is 0.411 e. The largest absolute Gasteiger partial charge is 0.411 e. The zero-order valence-electron chi connectivity index (χ0n) is 10.4. The summed E-state index contributed by atoms with van der Waals surface area (Å²) in [6, 6.07) is 1.87. The van der Waals surface area contributed by atoms with Gasteiger partial charge in [-0.3, -0.25) is 0 Å². The van der Waals surface area contributed by atoms with Crippen molar-refractivity contribution in [3.8, 4) is 0 Å². The van der Waals surface area contributed by atoms with Gasteiger partial charge in [0.2, 0.25) is 10.0 Å². The highest BCUT2D eigenvalue weighted by atomic mass is 35.5. The van der Waals surface area contributed by atoms with Crippen molar-refractivity contribution in [3.63, 3.8) is 0 Å². The number of hydrogen-bond donors (Lipinski definition) is 2. The summed E-state index contributed by atoms with van der Waals surface area (Å²) in [5.41, 5.74) is 4.78. The van der Waals surface area contributed by atoms with Crippen LogP contribution < -0.4 is 10.5 Å². The molecule has 1 aromatic rings. The molecule has 120 valence electrons. The Labute approximate surface area is 123 Å². The lowest BCUT2D eigenvalue weighted by molar-refractivity contribution is -0.173. The fraction of sp³-hybridized carbons (Fsp3) is 0.400. The quantitative estimate of drug-likeness (QED) is 0.466. The van der Waals surface area contributed by atoms with Crippen molar-refractivity contribution in [1.82, 2.24) is 4.72 Å². The Morgan fingerprint density at radius 2 is 1.95 bits per heavy atom. The molecule has 0 bridgehead atoms. The van der Waals surface area contributed by atoms with E-state index in [0.717, 1.165) is 12.1 Å².